The first-order valence-electron chi connectivity index (χ1n) is 5.61. The number of nitrogens with zero attached hydrogens (tertiary/aromatic N) is 1. The molecule has 0 fully saturated rings. The highest BCUT2D eigenvalue weighted by Gasteiger charge is 2.18. The van der Waals surface area contributed by atoms with Crippen LogP contribution in [-0.2, 0) is 10.0 Å². The number of benzene rings is 1. The van der Waals surface area contributed by atoms with Crippen molar-refractivity contribution in [2.45, 2.75) is 6.92 Å². The van der Waals surface area contributed by atoms with Crippen molar-refractivity contribution in [3.8, 4) is 0 Å². The number of nitro benzene ring substituents is 1. The van der Waals surface area contributed by atoms with Gasteiger partial charge >= 0.3 is 0 Å². The number of halogens is 2. The third-order valence-electron chi connectivity index (χ3n) is 2.29. The molecule has 1 aromatic carbocycles. The number of nitrogens with one attached hydrogen (secondary N) is 2. The van der Waals surface area contributed by atoms with Crippen LogP contribution in [0.5, 0.6) is 0 Å². The zero-order valence-electron chi connectivity index (χ0n) is 10.5. The van der Waals surface area contributed by atoms with Crippen LogP contribution in [0, 0.1) is 15.9 Å². The molecule has 0 atom stereocenters. The average Bonchev–Trinajstić information content (AvgIpc) is 2.32. The van der Waals surface area contributed by atoms with Gasteiger partial charge in [-0.05, 0) is 0 Å². The SMILES string of the molecule is CCNS(=O)(=O)CCNc1cc(F)c(Cl)cc1[N+](=O)[O-]. The van der Waals surface area contributed by atoms with E-state index in [2.05, 4.69) is 10.0 Å². The van der Waals surface area contributed by atoms with Crippen LogP contribution in [0.25, 0.3) is 0 Å². The molecule has 0 radical (unpaired) electrons. The van der Waals surface area contributed by atoms with Gasteiger partial charge in [0.15, 0.2) is 0 Å². The first kappa shape index (κ1) is 16.6. The highest BCUT2D eigenvalue weighted by molar-refractivity contribution is 7.89. The Morgan fingerprint density at radius 1 is 1.45 bits per heavy atom. The molecule has 20 heavy (non-hydrogen) atoms. The quantitative estimate of drug-likeness (QED) is 0.587. The molecule has 1 rings (SSSR count). The van der Waals surface area contributed by atoms with Crippen molar-refractivity contribution in [3.05, 3.63) is 33.1 Å². The maximum atomic E-state index is 13.3. The van der Waals surface area contributed by atoms with E-state index in [1.165, 1.54) is 0 Å². The normalized spacial score (nSPS) is 11.3. The molecule has 112 valence electrons. The molecule has 7 nitrogen and oxygen atoms in total. The van der Waals surface area contributed by atoms with Crippen molar-refractivity contribution < 1.29 is 17.7 Å². The van der Waals surface area contributed by atoms with Gasteiger partial charge in [0.25, 0.3) is 5.69 Å². The summed E-state index contributed by atoms with van der Waals surface area (Å²) in [6.07, 6.45) is 0. The summed E-state index contributed by atoms with van der Waals surface area (Å²) in [5.41, 5.74) is -0.541. The van der Waals surface area contributed by atoms with Crippen molar-refractivity contribution >= 4 is 33.0 Å². The molecule has 0 aliphatic rings. The molecule has 0 aromatic heterocycles. The summed E-state index contributed by atoms with van der Waals surface area (Å²) in [5.74, 6) is -1.11. The number of hydrogen-bond acceptors (Lipinski definition) is 5. The van der Waals surface area contributed by atoms with E-state index in [0.29, 0.717) is 0 Å². The topological polar surface area (TPSA) is 101 Å². The number of hydrogen-bond donors (Lipinski definition) is 2. The molecule has 0 heterocycles. The smallest absolute Gasteiger partial charge is 0.294 e. The second-order valence-electron chi connectivity index (χ2n) is 3.78. The van der Waals surface area contributed by atoms with Gasteiger partial charge in [-0.25, -0.2) is 17.5 Å². The van der Waals surface area contributed by atoms with E-state index >= 15 is 0 Å². The second-order valence-corrected chi connectivity index (χ2v) is 6.12. The van der Waals surface area contributed by atoms with Crippen LogP contribution in [0.15, 0.2) is 12.1 Å². The summed E-state index contributed by atoms with van der Waals surface area (Å²) in [6.45, 7) is 1.78. The van der Waals surface area contributed by atoms with E-state index < -0.39 is 26.5 Å². The lowest BCUT2D eigenvalue weighted by Crippen LogP contribution is -2.29. The Morgan fingerprint density at radius 2 is 2.10 bits per heavy atom. The summed E-state index contributed by atoms with van der Waals surface area (Å²) in [7, 11) is -3.46. The Kier molecular flexibility index (Phi) is 5.66. The van der Waals surface area contributed by atoms with Crippen LogP contribution in [0.1, 0.15) is 6.92 Å². The first-order chi connectivity index (χ1) is 9.26. The molecule has 0 aliphatic carbocycles. The summed E-state index contributed by atoms with van der Waals surface area (Å²) >= 11 is 5.46. The third-order valence-corrected chi connectivity index (χ3v) is 4.05. The Hall–Kier alpha value is -1.45. The summed E-state index contributed by atoms with van der Waals surface area (Å²) in [4.78, 5) is 10.1. The summed E-state index contributed by atoms with van der Waals surface area (Å²) in [6, 6.07) is 1.73. The Balaban J connectivity index is 2.83. The van der Waals surface area contributed by atoms with Crippen LogP contribution in [-0.4, -0.2) is 32.2 Å². The molecule has 0 spiro atoms. The molecule has 0 saturated heterocycles. The van der Waals surface area contributed by atoms with Gasteiger partial charge in [-0.15, -0.1) is 0 Å². The van der Waals surface area contributed by atoms with Crippen LogP contribution in [0.4, 0.5) is 15.8 Å². The average molecular weight is 326 g/mol. The van der Waals surface area contributed by atoms with Gasteiger partial charge in [0.2, 0.25) is 10.0 Å². The Bertz CT molecular complexity index is 609. The van der Waals surface area contributed by atoms with Crippen LogP contribution < -0.4 is 10.0 Å². The Morgan fingerprint density at radius 3 is 2.65 bits per heavy atom. The lowest BCUT2D eigenvalue weighted by atomic mass is 10.2. The lowest BCUT2D eigenvalue weighted by Gasteiger charge is -2.08. The Labute approximate surface area is 120 Å². The van der Waals surface area contributed by atoms with Crippen LogP contribution in [0.3, 0.4) is 0 Å². The van der Waals surface area contributed by atoms with E-state index in [1.54, 1.807) is 6.92 Å². The predicted octanol–water partition coefficient (Wildman–Crippen LogP) is 1.74. The minimum atomic E-state index is -3.46. The zero-order chi connectivity index (χ0) is 15.3. The van der Waals surface area contributed by atoms with E-state index in [0.717, 1.165) is 12.1 Å². The van der Waals surface area contributed by atoms with Crippen molar-refractivity contribution in [2.24, 2.45) is 0 Å². The molecule has 0 aliphatic heterocycles. The maximum Gasteiger partial charge on any atom is 0.294 e. The number of rotatable bonds is 7. The highest BCUT2D eigenvalue weighted by Crippen LogP contribution is 2.30. The second kappa shape index (κ2) is 6.82. The van der Waals surface area contributed by atoms with Crippen molar-refractivity contribution in [2.75, 3.05) is 24.2 Å². The van der Waals surface area contributed by atoms with E-state index in [1.807, 2.05) is 0 Å². The molecule has 1 aromatic rings. The minimum absolute atomic E-state index is 0.1000. The molecule has 0 saturated carbocycles. The van der Waals surface area contributed by atoms with Gasteiger partial charge in [0.05, 0.1) is 15.7 Å². The van der Waals surface area contributed by atoms with E-state index in [4.69, 9.17) is 11.6 Å². The molecule has 2 N–H and O–H groups in total. The van der Waals surface area contributed by atoms with Crippen molar-refractivity contribution in [1.82, 2.24) is 4.72 Å². The summed E-state index contributed by atoms with van der Waals surface area (Å²) < 4.78 is 38.3. The van der Waals surface area contributed by atoms with E-state index in [-0.39, 0.29) is 29.6 Å². The molecular weight excluding hydrogens is 313 g/mol. The molecule has 0 bridgehead atoms. The van der Waals surface area contributed by atoms with Crippen molar-refractivity contribution in [3.63, 3.8) is 0 Å². The lowest BCUT2D eigenvalue weighted by molar-refractivity contribution is -0.384. The van der Waals surface area contributed by atoms with Gasteiger partial charge in [-0.2, -0.15) is 0 Å². The fraction of sp³-hybridized carbons (Fsp3) is 0.400. The largest absolute Gasteiger partial charge is 0.378 e. The molecule has 0 amide bonds. The molecular formula is C10H13ClFN3O4S. The van der Waals surface area contributed by atoms with E-state index in [9.17, 15) is 22.9 Å². The van der Waals surface area contributed by atoms with Gasteiger partial charge in [0.1, 0.15) is 11.5 Å². The standard InChI is InChI=1S/C10H13ClFN3O4S/c1-2-14-20(18,19)4-3-13-9-6-8(12)7(11)5-10(9)15(16)17/h5-6,13-14H,2-4H2,1H3. The summed E-state index contributed by atoms with van der Waals surface area (Å²) in [5, 5.41) is 12.9. The van der Waals surface area contributed by atoms with Gasteiger partial charge in [-0.3, -0.25) is 10.1 Å². The fourth-order valence-corrected chi connectivity index (χ4v) is 2.55. The van der Waals surface area contributed by atoms with Crippen LogP contribution >= 0.6 is 11.6 Å². The number of sulfonamides is 1. The maximum absolute atomic E-state index is 13.3. The fourth-order valence-electron chi connectivity index (χ4n) is 1.44. The zero-order valence-corrected chi connectivity index (χ0v) is 12.1. The minimum Gasteiger partial charge on any atom is -0.378 e. The monoisotopic (exact) mass is 325 g/mol. The van der Waals surface area contributed by atoms with Gasteiger partial charge in [-0.1, -0.05) is 18.5 Å². The number of anilines is 1. The van der Waals surface area contributed by atoms with Crippen LogP contribution in [0.2, 0.25) is 5.02 Å². The molecule has 10 heteroatoms. The van der Waals surface area contributed by atoms with Gasteiger partial charge < -0.3 is 5.32 Å². The third kappa shape index (κ3) is 4.58. The van der Waals surface area contributed by atoms with Crippen molar-refractivity contribution in [1.29, 1.82) is 0 Å². The predicted molar refractivity (Wildman–Crippen MR) is 74.0 cm³/mol. The highest BCUT2D eigenvalue weighted by atomic mass is 35.5. The first-order valence-corrected chi connectivity index (χ1v) is 7.64. The molecule has 0 unspecified atom stereocenters. The van der Waals surface area contributed by atoms with Gasteiger partial charge in [0, 0.05) is 25.2 Å². The number of nitro groups is 1.